The summed E-state index contributed by atoms with van der Waals surface area (Å²) in [6.45, 7) is 2.40. The maximum Gasteiger partial charge on any atom is 0.0360 e. The molecule has 1 aliphatic carbocycles. The highest BCUT2D eigenvalue weighted by Gasteiger charge is 2.42. The molecule has 1 aliphatic rings. The molecule has 1 N–H and O–H groups in total. The van der Waals surface area contributed by atoms with Crippen LogP contribution in [0.5, 0.6) is 0 Å². The Morgan fingerprint density at radius 1 is 1.42 bits per heavy atom. The average Bonchev–Trinajstić information content (AvgIpc) is 2.90. The first-order valence-corrected chi connectivity index (χ1v) is 8.33. The number of nitrogens with one attached hydrogen (secondary N) is 1. The normalized spacial score (nSPS) is 29.6. The zero-order valence-electron chi connectivity index (χ0n) is 12.8. The topological polar surface area (TPSA) is 15.3 Å². The number of hydrogen-bond acceptors (Lipinski definition) is 3. The van der Waals surface area contributed by atoms with Gasteiger partial charge in [-0.3, -0.25) is 0 Å². The van der Waals surface area contributed by atoms with Crippen molar-refractivity contribution in [2.24, 2.45) is 5.92 Å². The van der Waals surface area contributed by atoms with Gasteiger partial charge in [0.05, 0.1) is 0 Å². The van der Waals surface area contributed by atoms with Crippen LogP contribution in [0.4, 0.5) is 0 Å². The predicted molar refractivity (Wildman–Crippen MR) is 84.9 cm³/mol. The number of rotatable bonds is 5. The Hall–Kier alpha value is -0.380. The zero-order valence-corrected chi connectivity index (χ0v) is 13.6. The van der Waals surface area contributed by atoms with Crippen LogP contribution in [0, 0.1) is 5.92 Å². The van der Waals surface area contributed by atoms with E-state index >= 15 is 0 Å². The van der Waals surface area contributed by atoms with Crippen molar-refractivity contribution in [3.63, 3.8) is 0 Å². The summed E-state index contributed by atoms with van der Waals surface area (Å²) in [5.74, 6) is 0.896. The highest BCUT2D eigenvalue weighted by atomic mass is 32.1. The highest BCUT2D eigenvalue weighted by Crippen LogP contribution is 2.38. The summed E-state index contributed by atoms with van der Waals surface area (Å²) < 4.78 is 0. The molecular weight excluding hydrogens is 252 g/mol. The molecule has 0 aliphatic heterocycles. The second kappa shape index (κ2) is 6.38. The fourth-order valence-corrected chi connectivity index (χ4v) is 4.31. The van der Waals surface area contributed by atoms with Gasteiger partial charge in [0.15, 0.2) is 0 Å². The fraction of sp³-hybridized carbons (Fsp3) is 0.750. The monoisotopic (exact) mass is 280 g/mol. The van der Waals surface area contributed by atoms with Gasteiger partial charge < -0.3 is 10.2 Å². The maximum absolute atomic E-state index is 3.61. The lowest BCUT2D eigenvalue weighted by molar-refractivity contribution is 0.0464. The minimum Gasteiger partial charge on any atom is -0.315 e. The van der Waals surface area contributed by atoms with Gasteiger partial charge in [0.25, 0.3) is 0 Å². The summed E-state index contributed by atoms with van der Waals surface area (Å²) in [5.41, 5.74) is 0.325. The van der Waals surface area contributed by atoms with Gasteiger partial charge in [-0.25, -0.2) is 0 Å². The summed E-state index contributed by atoms with van der Waals surface area (Å²) >= 11 is 1.88. The second-order valence-electron chi connectivity index (χ2n) is 6.31. The third-order valence-corrected chi connectivity index (χ3v) is 5.91. The summed E-state index contributed by atoms with van der Waals surface area (Å²) in [7, 11) is 6.64. The van der Waals surface area contributed by atoms with Crippen molar-refractivity contribution in [3.05, 3.63) is 22.4 Å². The van der Waals surface area contributed by atoms with Crippen molar-refractivity contribution >= 4 is 11.3 Å². The van der Waals surface area contributed by atoms with E-state index in [9.17, 15) is 0 Å². The lowest BCUT2D eigenvalue weighted by atomic mass is 9.71. The molecular formula is C16H28N2S. The highest BCUT2D eigenvalue weighted by molar-refractivity contribution is 7.09. The van der Waals surface area contributed by atoms with E-state index in [1.165, 1.54) is 30.6 Å². The molecule has 1 saturated carbocycles. The van der Waals surface area contributed by atoms with Crippen LogP contribution >= 0.6 is 11.3 Å². The van der Waals surface area contributed by atoms with Crippen LogP contribution in [0.1, 0.15) is 37.5 Å². The van der Waals surface area contributed by atoms with Crippen molar-refractivity contribution in [2.45, 2.75) is 50.6 Å². The summed E-state index contributed by atoms with van der Waals surface area (Å²) in [4.78, 5) is 3.98. The molecule has 1 unspecified atom stereocenters. The Bertz CT molecular complexity index is 364. The Balaban J connectivity index is 2.16. The zero-order chi connectivity index (χ0) is 13.9. The van der Waals surface area contributed by atoms with E-state index in [-0.39, 0.29) is 0 Å². The molecule has 0 radical (unpaired) electrons. The molecule has 0 bridgehead atoms. The first kappa shape index (κ1) is 15.0. The molecule has 19 heavy (non-hydrogen) atoms. The van der Waals surface area contributed by atoms with Gasteiger partial charge in [0, 0.05) is 16.5 Å². The van der Waals surface area contributed by atoms with Crippen LogP contribution in [-0.2, 0) is 6.42 Å². The molecule has 0 spiro atoms. The lowest BCUT2D eigenvalue weighted by Crippen LogP contribution is -2.60. The Kier molecular flexibility index (Phi) is 5.04. The Morgan fingerprint density at radius 3 is 2.58 bits per heavy atom. The van der Waals surface area contributed by atoms with Crippen molar-refractivity contribution in [3.8, 4) is 0 Å². The van der Waals surface area contributed by atoms with Gasteiger partial charge in [0.1, 0.15) is 0 Å². The third kappa shape index (κ3) is 3.21. The molecule has 2 rings (SSSR count). The van der Waals surface area contributed by atoms with Crippen LogP contribution in [-0.4, -0.2) is 37.6 Å². The van der Waals surface area contributed by atoms with E-state index in [4.69, 9.17) is 0 Å². The first-order valence-electron chi connectivity index (χ1n) is 7.45. The minimum atomic E-state index is 0.325. The van der Waals surface area contributed by atoms with E-state index in [0.717, 1.165) is 12.3 Å². The number of hydrogen-bond donors (Lipinski definition) is 1. The molecule has 0 amide bonds. The predicted octanol–water partition coefficient (Wildman–Crippen LogP) is 3.39. The van der Waals surface area contributed by atoms with Crippen LogP contribution in [0.2, 0.25) is 0 Å². The van der Waals surface area contributed by atoms with Crippen LogP contribution in [0.15, 0.2) is 17.5 Å². The third-order valence-electron chi connectivity index (χ3n) is 5.01. The minimum absolute atomic E-state index is 0.325. The van der Waals surface area contributed by atoms with Crippen LogP contribution in [0.25, 0.3) is 0 Å². The van der Waals surface area contributed by atoms with E-state index in [0.29, 0.717) is 11.6 Å². The van der Waals surface area contributed by atoms with Gasteiger partial charge in [-0.15, -0.1) is 11.3 Å². The molecule has 1 atom stereocenters. The van der Waals surface area contributed by atoms with Crippen molar-refractivity contribution in [1.29, 1.82) is 0 Å². The lowest BCUT2D eigenvalue weighted by Gasteiger charge is -2.49. The Labute approximate surface area is 122 Å². The fourth-order valence-electron chi connectivity index (χ4n) is 3.56. The summed E-state index contributed by atoms with van der Waals surface area (Å²) in [5, 5.41) is 5.80. The number of nitrogens with zero attached hydrogens (tertiary/aromatic N) is 1. The number of likely N-dealkylation sites (N-methyl/N-ethyl adjacent to an activating group) is 2. The average molecular weight is 280 g/mol. The van der Waals surface area contributed by atoms with Crippen LogP contribution in [0.3, 0.4) is 0 Å². The van der Waals surface area contributed by atoms with Gasteiger partial charge in [-0.1, -0.05) is 13.0 Å². The van der Waals surface area contributed by atoms with E-state index in [1.54, 1.807) is 0 Å². The van der Waals surface area contributed by atoms with Gasteiger partial charge in [-0.05, 0) is 70.6 Å². The molecule has 108 valence electrons. The van der Waals surface area contributed by atoms with Gasteiger partial charge in [-0.2, -0.15) is 0 Å². The van der Waals surface area contributed by atoms with E-state index < -0.39 is 0 Å². The molecule has 1 heterocycles. The van der Waals surface area contributed by atoms with Crippen LogP contribution < -0.4 is 5.32 Å². The SMILES string of the molecule is CNC(Cc1cccs1)C1(N(C)C)CCC(C)CC1. The van der Waals surface area contributed by atoms with E-state index in [2.05, 4.69) is 55.8 Å². The standard InChI is InChI=1S/C16H28N2S/c1-13-7-9-16(10-8-13,18(3)4)15(17-2)12-14-6-5-11-19-14/h5-6,11,13,15,17H,7-10,12H2,1-4H3. The molecule has 1 fully saturated rings. The maximum atomic E-state index is 3.61. The smallest absolute Gasteiger partial charge is 0.0360 e. The molecule has 1 aromatic heterocycles. The second-order valence-corrected chi connectivity index (χ2v) is 7.34. The van der Waals surface area contributed by atoms with Crippen molar-refractivity contribution < 1.29 is 0 Å². The number of thiophene rings is 1. The largest absolute Gasteiger partial charge is 0.315 e. The summed E-state index contributed by atoms with van der Waals surface area (Å²) in [6.07, 6.45) is 6.51. The van der Waals surface area contributed by atoms with Crippen molar-refractivity contribution in [1.82, 2.24) is 10.2 Å². The Morgan fingerprint density at radius 2 is 2.11 bits per heavy atom. The molecule has 0 saturated heterocycles. The summed E-state index contributed by atoms with van der Waals surface area (Å²) in [6, 6.07) is 4.98. The molecule has 3 heteroatoms. The quantitative estimate of drug-likeness (QED) is 0.889. The van der Waals surface area contributed by atoms with Crippen molar-refractivity contribution in [2.75, 3.05) is 21.1 Å². The van der Waals surface area contributed by atoms with Gasteiger partial charge >= 0.3 is 0 Å². The molecule has 2 nitrogen and oxygen atoms in total. The first-order chi connectivity index (χ1) is 9.08. The molecule has 1 aromatic rings. The van der Waals surface area contributed by atoms with E-state index in [1.807, 2.05) is 11.3 Å². The van der Waals surface area contributed by atoms with Gasteiger partial charge in [0.2, 0.25) is 0 Å². The molecule has 0 aromatic carbocycles.